The summed E-state index contributed by atoms with van der Waals surface area (Å²) in [6, 6.07) is 7.54. The van der Waals surface area contributed by atoms with Crippen molar-refractivity contribution in [2.75, 3.05) is 0 Å². The number of nitrogens with zero attached hydrogens (tertiary/aromatic N) is 2. The Morgan fingerprint density at radius 2 is 2.12 bits per heavy atom. The maximum absolute atomic E-state index is 10.5. The minimum atomic E-state index is 0.188. The number of halogens is 1. The zero-order valence-electron chi connectivity index (χ0n) is 13.3. The van der Waals surface area contributed by atoms with Gasteiger partial charge in [0.2, 0.25) is 0 Å². The minimum absolute atomic E-state index is 0.188. The van der Waals surface area contributed by atoms with Gasteiger partial charge in [-0.3, -0.25) is 0 Å². The van der Waals surface area contributed by atoms with Crippen LogP contribution in [0.2, 0.25) is 0 Å². The largest absolute Gasteiger partial charge is 0.506 e. The van der Waals surface area contributed by atoms with Gasteiger partial charge in [-0.2, -0.15) is 0 Å². The van der Waals surface area contributed by atoms with Gasteiger partial charge >= 0.3 is 0 Å². The lowest BCUT2D eigenvalue weighted by Crippen LogP contribution is -1.99. The Bertz CT molecular complexity index is 960. The van der Waals surface area contributed by atoms with Crippen molar-refractivity contribution in [1.82, 2.24) is 4.98 Å². The van der Waals surface area contributed by atoms with E-state index in [0.29, 0.717) is 15.9 Å². The lowest BCUT2D eigenvalue weighted by atomic mass is 9.94. The maximum atomic E-state index is 10.5. The fourth-order valence-electron chi connectivity index (χ4n) is 3.27. The number of hydrogen-bond acceptors (Lipinski definition) is 4. The average molecular weight is 385 g/mol. The van der Waals surface area contributed by atoms with Gasteiger partial charge in [-0.1, -0.05) is 6.07 Å². The molecule has 0 radical (unpaired) electrons. The van der Waals surface area contributed by atoms with E-state index < -0.39 is 0 Å². The number of pyridine rings is 1. The zero-order valence-corrected chi connectivity index (χ0v) is 14.9. The number of aromatic nitrogens is 1. The first-order valence-corrected chi connectivity index (χ1v) is 8.86. The van der Waals surface area contributed by atoms with Gasteiger partial charge in [-0.25, -0.2) is 9.98 Å². The van der Waals surface area contributed by atoms with Gasteiger partial charge in [-0.05, 0) is 60.3 Å². The number of rotatable bonds is 2. The molecule has 0 saturated carbocycles. The van der Waals surface area contributed by atoms with Crippen LogP contribution in [0, 0.1) is 6.92 Å². The van der Waals surface area contributed by atoms with Gasteiger partial charge in [0.15, 0.2) is 5.82 Å². The number of phenols is 1. The molecule has 4 nitrogen and oxygen atoms in total. The summed E-state index contributed by atoms with van der Waals surface area (Å²) in [5.74, 6) is 1.85. The van der Waals surface area contributed by atoms with Crippen LogP contribution >= 0.6 is 15.9 Å². The van der Waals surface area contributed by atoms with Gasteiger partial charge in [0.1, 0.15) is 17.1 Å². The third kappa shape index (κ3) is 2.63. The molecule has 0 unspecified atom stereocenters. The molecule has 0 fully saturated rings. The molecule has 3 aromatic rings. The van der Waals surface area contributed by atoms with E-state index in [4.69, 9.17) is 4.42 Å². The lowest BCUT2D eigenvalue weighted by Gasteiger charge is -2.10. The molecule has 2 heterocycles. The van der Waals surface area contributed by atoms with Crippen molar-refractivity contribution in [2.45, 2.75) is 32.6 Å². The summed E-state index contributed by atoms with van der Waals surface area (Å²) in [7, 11) is 0. The lowest BCUT2D eigenvalue weighted by molar-refractivity contribution is 0.471. The molecular formula is C19H17BrN2O2. The number of aryl methyl sites for hydroxylation is 3. The van der Waals surface area contributed by atoms with Crippen LogP contribution in [0.4, 0.5) is 5.82 Å². The van der Waals surface area contributed by atoms with E-state index in [0.717, 1.165) is 48.1 Å². The number of furan rings is 1. The fraction of sp³-hybridized carbons (Fsp3) is 0.263. The highest BCUT2D eigenvalue weighted by Crippen LogP contribution is 2.40. The monoisotopic (exact) mass is 384 g/mol. The Balaban J connectivity index is 1.90. The SMILES string of the molecule is Cc1cccc(/N=C/c2c(O)c(Br)cc3oc4c(c23)CCCC4)n1. The highest BCUT2D eigenvalue weighted by atomic mass is 79.9. The summed E-state index contributed by atoms with van der Waals surface area (Å²) in [6.45, 7) is 1.93. The zero-order chi connectivity index (χ0) is 16.7. The molecule has 0 spiro atoms. The van der Waals surface area contributed by atoms with Crippen molar-refractivity contribution in [3.8, 4) is 5.75 Å². The normalized spacial score (nSPS) is 14.4. The number of phenolic OH excluding ortho intramolecular Hbond substituents is 1. The fourth-order valence-corrected chi connectivity index (χ4v) is 3.69. The summed E-state index contributed by atoms with van der Waals surface area (Å²) < 4.78 is 6.63. The van der Waals surface area contributed by atoms with Crippen LogP contribution < -0.4 is 0 Å². The number of aliphatic imine (C=N–C) groups is 1. The third-order valence-corrected chi connectivity index (χ3v) is 5.01. The molecule has 0 atom stereocenters. The molecule has 2 aromatic heterocycles. The molecule has 1 aliphatic rings. The third-order valence-electron chi connectivity index (χ3n) is 4.41. The molecule has 0 saturated heterocycles. The number of fused-ring (bicyclic) bond motifs is 3. The van der Waals surface area contributed by atoms with E-state index in [-0.39, 0.29) is 5.75 Å². The van der Waals surface area contributed by atoms with Crippen LogP contribution in [-0.2, 0) is 12.8 Å². The highest BCUT2D eigenvalue weighted by Gasteiger charge is 2.22. The molecule has 5 heteroatoms. The molecule has 4 rings (SSSR count). The Hall–Kier alpha value is -2.14. The molecule has 1 aliphatic carbocycles. The first-order valence-electron chi connectivity index (χ1n) is 8.07. The van der Waals surface area contributed by atoms with Crippen LogP contribution in [0.15, 0.2) is 38.1 Å². The quantitative estimate of drug-likeness (QED) is 0.615. The van der Waals surface area contributed by atoms with Crippen LogP contribution in [-0.4, -0.2) is 16.3 Å². The second-order valence-corrected chi connectivity index (χ2v) is 6.95. The van der Waals surface area contributed by atoms with E-state index in [9.17, 15) is 5.11 Å². The number of aromatic hydroxyl groups is 1. The maximum Gasteiger partial charge on any atom is 0.152 e. The molecule has 1 N–H and O–H groups in total. The molecule has 1 aromatic carbocycles. The van der Waals surface area contributed by atoms with Crippen LogP contribution in [0.3, 0.4) is 0 Å². The van der Waals surface area contributed by atoms with Crippen molar-refractivity contribution < 1.29 is 9.52 Å². The van der Waals surface area contributed by atoms with Crippen molar-refractivity contribution >= 4 is 38.9 Å². The van der Waals surface area contributed by atoms with Crippen LogP contribution in [0.5, 0.6) is 5.75 Å². The van der Waals surface area contributed by atoms with Gasteiger partial charge in [0.25, 0.3) is 0 Å². The Morgan fingerprint density at radius 1 is 1.29 bits per heavy atom. The number of hydrogen-bond donors (Lipinski definition) is 1. The molecule has 0 amide bonds. The van der Waals surface area contributed by atoms with E-state index >= 15 is 0 Å². The first-order chi connectivity index (χ1) is 11.6. The van der Waals surface area contributed by atoms with Crippen molar-refractivity contribution in [1.29, 1.82) is 0 Å². The molecular weight excluding hydrogens is 368 g/mol. The predicted molar refractivity (Wildman–Crippen MR) is 98.4 cm³/mol. The van der Waals surface area contributed by atoms with Crippen LogP contribution in [0.25, 0.3) is 11.0 Å². The van der Waals surface area contributed by atoms with Crippen molar-refractivity contribution in [3.05, 3.63) is 51.3 Å². The topological polar surface area (TPSA) is 58.6 Å². The van der Waals surface area contributed by atoms with Crippen molar-refractivity contribution in [3.63, 3.8) is 0 Å². The molecule has 0 bridgehead atoms. The summed E-state index contributed by atoms with van der Waals surface area (Å²) in [5, 5.41) is 11.5. The van der Waals surface area contributed by atoms with E-state index in [1.54, 1.807) is 6.21 Å². The summed E-state index contributed by atoms with van der Waals surface area (Å²) in [4.78, 5) is 8.84. The second kappa shape index (κ2) is 6.06. The van der Waals surface area contributed by atoms with E-state index in [1.165, 1.54) is 5.56 Å². The summed E-state index contributed by atoms with van der Waals surface area (Å²) in [6.07, 6.45) is 5.92. The van der Waals surface area contributed by atoms with Gasteiger partial charge in [-0.15, -0.1) is 0 Å². The van der Waals surface area contributed by atoms with Gasteiger partial charge in [0, 0.05) is 34.8 Å². The van der Waals surface area contributed by atoms with Crippen LogP contribution in [0.1, 0.15) is 35.4 Å². The smallest absolute Gasteiger partial charge is 0.152 e. The summed E-state index contributed by atoms with van der Waals surface area (Å²) >= 11 is 3.41. The Morgan fingerprint density at radius 3 is 2.96 bits per heavy atom. The summed E-state index contributed by atoms with van der Waals surface area (Å²) in [5.41, 5.74) is 3.60. The van der Waals surface area contributed by atoms with Gasteiger partial charge < -0.3 is 9.52 Å². The van der Waals surface area contributed by atoms with E-state index in [2.05, 4.69) is 25.9 Å². The second-order valence-electron chi connectivity index (χ2n) is 6.10. The van der Waals surface area contributed by atoms with Crippen molar-refractivity contribution in [2.24, 2.45) is 4.99 Å². The molecule has 24 heavy (non-hydrogen) atoms. The van der Waals surface area contributed by atoms with Gasteiger partial charge in [0.05, 0.1) is 4.47 Å². The van der Waals surface area contributed by atoms with E-state index in [1.807, 2.05) is 31.2 Å². The number of benzene rings is 1. The Kier molecular flexibility index (Phi) is 3.88. The Labute approximate surface area is 148 Å². The molecule has 122 valence electrons. The highest BCUT2D eigenvalue weighted by molar-refractivity contribution is 9.10. The minimum Gasteiger partial charge on any atom is -0.506 e. The average Bonchev–Trinajstić information content (AvgIpc) is 2.93. The molecule has 0 aliphatic heterocycles. The standard InChI is InChI=1S/C19H17BrN2O2/c1-11-5-4-8-17(22-11)21-10-13-18-12-6-2-3-7-15(12)24-16(18)9-14(20)19(13)23/h4-5,8-10,23H,2-3,6-7H2,1H3/b21-10+. The first kappa shape index (κ1) is 15.4. The predicted octanol–water partition coefficient (Wildman–Crippen LogP) is 5.23.